The number of nitrogens with one attached hydrogen (secondary N) is 2. The number of rotatable bonds is 5. The maximum atomic E-state index is 13.0. The standard InChI is InChI=1S/C19H20FN3O2/c20-14-7-9-15(10-8-14)22-17-6-2-1-5-16(17)19(25)21-13-18(24)23-11-3-4-12-23/h1-2,5-10,22H,3-4,11-13H2,(H,21,25). The zero-order chi connectivity index (χ0) is 17.6. The predicted molar refractivity (Wildman–Crippen MR) is 94.3 cm³/mol. The fourth-order valence-corrected chi connectivity index (χ4v) is 2.81. The molecule has 1 heterocycles. The molecule has 1 fully saturated rings. The van der Waals surface area contributed by atoms with Crippen LogP contribution in [0.25, 0.3) is 0 Å². The van der Waals surface area contributed by atoms with Crippen LogP contribution in [-0.2, 0) is 4.79 Å². The van der Waals surface area contributed by atoms with Crippen LogP contribution in [0.1, 0.15) is 23.2 Å². The third kappa shape index (κ3) is 4.35. The van der Waals surface area contributed by atoms with Gasteiger partial charge in [0.15, 0.2) is 0 Å². The zero-order valence-corrected chi connectivity index (χ0v) is 13.8. The van der Waals surface area contributed by atoms with E-state index in [1.165, 1.54) is 12.1 Å². The quantitative estimate of drug-likeness (QED) is 0.879. The largest absolute Gasteiger partial charge is 0.355 e. The van der Waals surface area contributed by atoms with Crippen molar-refractivity contribution in [1.82, 2.24) is 10.2 Å². The Hall–Kier alpha value is -2.89. The van der Waals surface area contributed by atoms with Crippen molar-refractivity contribution in [3.8, 4) is 0 Å². The van der Waals surface area contributed by atoms with Gasteiger partial charge in [-0.25, -0.2) is 4.39 Å². The molecule has 0 aromatic heterocycles. The number of halogens is 1. The topological polar surface area (TPSA) is 61.4 Å². The molecule has 5 nitrogen and oxygen atoms in total. The highest BCUT2D eigenvalue weighted by atomic mass is 19.1. The Labute approximate surface area is 145 Å². The van der Waals surface area contributed by atoms with Gasteiger partial charge in [-0.1, -0.05) is 12.1 Å². The molecule has 130 valence electrons. The first-order valence-corrected chi connectivity index (χ1v) is 8.31. The van der Waals surface area contributed by atoms with E-state index in [1.54, 1.807) is 41.3 Å². The van der Waals surface area contributed by atoms with E-state index >= 15 is 0 Å². The summed E-state index contributed by atoms with van der Waals surface area (Å²) in [6.07, 6.45) is 2.04. The number of carbonyl (C=O) groups excluding carboxylic acids is 2. The van der Waals surface area contributed by atoms with E-state index in [0.29, 0.717) is 16.9 Å². The summed E-state index contributed by atoms with van der Waals surface area (Å²) in [5.41, 5.74) is 1.70. The number of hydrogen-bond donors (Lipinski definition) is 2. The van der Waals surface area contributed by atoms with Gasteiger partial charge in [-0.3, -0.25) is 9.59 Å². The molecular weight excluding hydrogens is 321 g/mol. The van der Waals surface area contributed by atoms with Gasteiger partial charge in [-0.2, -0.15) is 0 Å². The van der Waals surface area contributed by atoms with Crippen LogP contribution in [0.2, 0.25) is 0 Å². The predicted octanol–water partition coefficient (Wildman–Crippen LogP) is 2.92. The molecule has 25 heavy (non-hydrogen) atoms. The third-order valence-electron chi connectivity index (χ3n) is 4.15. The molecule has 6 heteroatoms. The fourth-order valence-electron chi connectivity index (χ4n) is 2.81. The lowest BCUT2D eigenvalue weighted by molar-refractivity contribution is -0.129. The van der Waals surface area contributed by atoms with E-state index in [-0.39, 0.29) is 24.2 Å². The van der Waals surface area contributed by atoms with E-state index < -0.39 is 0 Å². The summed E-state index contributed by atoms with van der Waals surface area (Å²) in [5.74, 6) is -0.704. The molecule has 2 aromatic carbocycles. The molecule has 0 saturated carbocycles. The van der Waals surface area contributed by atoms with E-state index in [2.05, 4.69) is 10.6 Å². The molecule has 1 aliphatic heterocycles. The average Bonchev–Trinajstić information content (AvgIpc) is 3.16. The Kier molecular flexibility index (Phi) is 5.28. The first-order chi connectivity index (χ1) is 12.1. The van der Waals surface area contributed by atoms with Crippen molar-refractivity contribution in [2.75, 3.05) is 25.0 Å². The normalized spacial score (nSPS) is 13.6. The van der Waals surface area contributed by atoms with Crippen LogP contribution in [0, 0.1) is 5.82 Å². The minimum Gasteiger partial charge on any atom is -0.355 e. The van der Waals surface area contributed by atoms with Crippen molar-refractivity contribution in [3.63, 3.8) is 0 Å². The van der Waals surface area contributed by atoms with Crippen LogP contribution in [-0.4, -0.2) is 36.3 Å². The number of nitrogens with zero attached hydrogens (tertiary/aromatic N) is 1. The van der Waals surface area contributed by atoms with Gasteiger partial charge in [-0.15, -0.1) is 0 Å². The Bertz CT molecular complexity index is 756. The van der Waals surface area contributed by atoms with Crippen LogP contribution < -0.4 is 10.6 Å². The summed E-state index contributed by atoms with van der Waals surface area (Å²) in [6, 6.07) is 12.9. The summed E-state index contributed by atoms with van der Waals surface area (Å²) in [6.45, 7) is 1.51. The lowest BCUT2D eigenvalue weighted by Gasteiger charge is -2.16. The maximum Gasteiger partial charge on any atom is 0.253 e. The van der Waals surface area contributed by atoms with Crippen molar-refractivity contribution in [1.29, 1.82) is 0 Å². The number of hydrogen-bond acceptors (Lipinski definition) is 3. The van der Waals surface area contributed by atoms with Crippen molar-refractivity contribution in [2.45, 2.75) is 12.8 Å². The van der Waals surface area contributed by atoms with E-state index in [1.807, 2.05) is 0 Å². The molecule has 1 aliphatic rings. The van der Waals surface area contributed by atoms with Gasteiger partial charge in [-0.05, 0) is 49.2 Å². The average molecular weight is 341 g/mol. The number of carbonyl (C=O) groups is 2. The molecule has 0 radical (unpaired) electrons. The molecule has 0 aliphatic carbocycles. The molecule has 0 unspecified atom stereocenters. The summed E-state index contributed by atoms with van der Waals surface area (Å²) in [5, 5.41) is 5.78. The first kappa shape index (κ1) is 17.0. The van der Waals surface area contributed by atoms with Gasteiger partial charge in [0.1, 0.15) is 5.82 Å². The van der Waals surface area contributed by atoms with Crippen molar-refractivity contribution in [2.24, 2.45) is 0 Å². The second-order valence-electron chi connectivity index (χ2n) is 5.95. The smallest absolute Gasteiger partial charge is 0.253 e. The molecule has 0 atom stereocenters. The second kappa shape index (κ2) is 7.79. The van der Waals surface area contributed by atoms with Gasteiger partial charge in [0.25, 0.3) is 5.91 Å². The summed E-state index contributed by atoms with van der Waals surface area (Å²) < 4.78 is 13.0. The monoisotopic (exact) mass is 341 g/mol. The van der Waals surface area contributed by atoms with Crippen LogP contribution in [0.4, 0.5) is 15.8 Å². The van der Waals surface area contributed by atoms with E-state index in [9.17, 15) is 14.0 Å². The lowest BCUT2D eigenvalue weighted by Crippen LogP contribution is -2.38. The first-order valence-electron chi connectivity index (χ1n) is 8.31. The van der Waals surface area contributed by atoms with E-state index in [0.717, 1.165) is 25.9 Å². The van der Waals surface area contributed by atoms with Gasteiger partial charge < -0.3 is 15.5 Å². The van der Waals surface area contributed by atoms with Crippen LogP contribution in [0.15, 0.2) is 48.5 Å². The maximum absolute atomic E-state index is 13.0. The highest BCUT2D eigenvalue weighted by Gasteiger charge is 2.19. The van der Waals surface area contributed by atoms with Crippen LogP contribution in [0.3, 0.4) is 0 Å². The Morgan fingerprint density at radius 2 is 1.68 bits per heavy atom. The van der Waals surface area contributed by atoms with Crippen LogP contribution in [0.5, 0.6) is 0 Å². The fraction of sp³-hybridized carbons (Fsp3) is 0.263. The molecule has 2 amide bonds. The van der Waals surface area contributed by atoms with Crippen molar-refractivity contribution < 1.29 is 14.0 Å². The molecular formula is C19H20FN3O2. The van der Waals surface area contributed by atoms with Gasteiger partial charge in [0.2, 0.25) is 5.91 Å². The Morgan fingerprint density at radius 1 is 1.00 bits per heavy atom. The third-order valence-corrected chi connectivity index (χ3v) is 4.15. The molecule has 1 saturated heterocycles. The SMILES string of the molecule is O=C(NCC(=O)N1CCCC1)c1ccccc1Nc1ccc(F)cc1. The summed E-state index contributed by atoms with van der Waals surface area (Å²) >= 11 is 0. The molecule has 3 rings (SSSR count). The van der Waals surface area contributed by atoms with Gasteiger partial charge in [0, 0.05) is 18.8 Å². The number of anilines is 2. The second-order valence-corrected chi connectivity index (χ2v) is 5.95. The van der Waals surface area contributed by atoms with E-state index in [4.69, 9.17) is 0 Å². The minimum atomic E-state index is -0.322. The number of para-hydroxylation sites is 1. The minimum absolute atomic E-state index is 0.0102. The van der Waals surface area contributed by atoms with Crippen molar-refractivity contribution >= 4 is 23.2 Å². The molecule has 0 bridgehead atoms. The Balaban J connectivity index is 1.65. The lowest BCUT2D eigenvalue weighted by atomic mass is 10.1. The number of amides is 2. The summed E-state index contributed by atoms with van der Waals surface area (Å²) in [7, 11) is 0. The van der Waals surface area contributed by atoms with Gasteiger partial charge >= 0.3 is 0 Å². The molecule has 0 spiro atoms. The number of benzene rings is 2. The summed E-state index contributed by atoms with van der Waals surface area (Å²) in [4.78, 5) is 26.3. The van der Waals surface area contributed by atoms with Gasteiger partial charge in [0.05, 0.1) is 17.8 Å². The van der Waals surface area contributed by atoms with Crippen molar-refractivity contribution in [3.05, 3.63) is 59.9 Å². The number of likely N-dealkylation sites (tertiary alicyclic amines) is 1. The molecule has 2 N–H and O–H groups in total. The highest BCUT2D eigenvalue weighted by Crippen LogP contribution is 2.21. The zero-order valence-electron chi connectivity index (χ0n) is 13.8. The highest BCUT2D eigenvalue weighted by molar-refractivity contribution is 6.01. The van der Waals surface area contributed by atoms with Crippen LogP contribution >= 0.6 is 0 Å². The Morgan fingerprint density at radius 3 is 2.40 bits per heavy atom. The molecule has 2 aromatic rings.